The quantitative estimate of drug-likeness (QED) is 0.492. The minimum absolute atomic E-state index is 0.343. The van der Waals surface area contributed by atoms with Gasteiger partial charge in [-0.3, -0.25) is 13.9 Å². The van der Waals surface area contributed by atoms with Gasteiger partial charge in [-0.15, -0.1) is 0 Å². The number of rotatable bonds is 2. The molecule has 0 saturated heterocycles. The van der Waals surface area contributed by atoms with Gasteiger partial charge >= 0.3 is 5.69 Å². The zero-order chi connectivity index (χ0) is 21.0. The Hall–Kier alpha value is -2.96. The molecule has 0 aliphatic rings. The van der Waals surface area contributed by atoms with Crippen LogP contribution in [0.2, 0.25) is 10.0 Å². The van der Waals surface area contributed by atoms with Gasteiger partial charge in [-0.25, -0.2) is 4.79 Å². The molecule has 4 rings (SSSR count). The van der Waals surface area contributed by atoms with E-state index in [1.54, 1.807) is 29.9 Å². The number of hydrogen-bond acceptors (Lipinski definition) is 3. The van der Waals surface area contributed by atoms with Gasteiger partial charge in [-0.05, 0) is 24.6 Å². The van der Waals surface area contributed by atoms with E-state index < -0.39 is 5.69 Å². The van der Waals surface area contributed by atoms with Crippen LogP contribution in [0.25, 0.3) is 27.8 Å². The summed E-state index contributed by atoms with van der Waals surface area (Å²) in [6.07, 6.45) is 1.72. The lowest BCUT2D eigenvalue weighted by Crippen LogP contribution is -2.36. The van der Waals surface area contributed by atoms with Crippen molar-refractivity contribution in [1.82, 2.24) is 13.7 Å². The molecule has 0 atom stereocenters. The molecule has 0 aliphatic heterocycles. The molecule has 0 unspecified atom stereocenters. The van der Waals surface area contributed by atoms with Gasteiger partial charge in [0.05, 0.1) is 38.0 Å². The van der Waals surface area contributed by atoms with Crippen molar-refractivity contribution in [2.24, 2.45) is 14.1 Å². The van der Waals surface area contributed by atoms with E-state index in [0.29, 0.717) is 38.0 Å². The summed E-state index contributed by atoms with van der Waals surface area (Å²) in [6, 6.07) is 11.0. The Morgan fingerprint density at radius 3 is 2.24 bits per heavy atom. The predicted octanol–water partition coefficient (Wildman–Crippen LogP) is 3.89. The number of hydrogen-bond donors (Lipinski definition) is 1. The van der Waals surface area contributed by atoms with Crippen molar-refractivity contribution >= 4 is 39.8 Å². The van der Waals surface area contributed by atoms with E-state index >= 15 is 0 Å². The molecule has 2 N–H and O–H groups in total. The van der Waals surface area contributed by atoms with E-state index in [4.69, 9.17) is 28.9 Å². The molecule has 0 saturated carbocycles. The molecule has 0 aliphatic carbocycles. The first-order valence-electron chi connectivity index (χ1n) is 8.83. The molecule has 0 bridgehead atoms. The zero-order valence-electron chi connectivity index (χ0n) is 16.0. The summed E-state index contributed by atoms with van der Waals surface area (Å²) in [4.78, 5) is 25.5. The number of benzene rings is 2. The lowest BCUT2D eigenvalue weighted by atomic mass is 10.1. The first-order chi connectivity index (χ1) is 13.7. The minimum atomic E-state index is -0.406. The summed E-state index contributed by atoms with van der Waals surface area (Å²) in [7, 11) is 3.10. The fourth-order valence-electron chi connectivity index (χ4n) is 3.46. The summed E-state index contributed by atoms with van der Waals surface area (Å²) in [5, 5.41) is 1.14. The summed E-state index contributed by atoms with van der Waals surface area (Å²) in [6.45, 7) is 1.99. The van der Waals surface area contributed by atoms with Crippen LogP contribution in [0.4, 0.5) is 5.69 Å². The van der Waals surface area contributed by atoms with Crippen molar-refractivity contribution in [2.75, 3.05) is 5.73 Å². The van der Waals surface area contributed by atoms with Gasteiger partial charge in [0.15, 0.2) is 0 Å². The van der Waals surface area contributed by atoms with Crippen LogP contribution in [0.3, 0.4) is 0 Å². The zero-order valence-corrected chi connectivity index (χ0v) is 17.5. The molecule has 2 heterocycles. The molecule has 148 valence electrons. The van der Waals surface area contributed by atoms with Gasteiger partial charge in [0, 0.05) is 20.3 Å². The standard InChI is InChI=1S/C21H18Cl2N4O2/c1-11-4-6-12(7-5-11)19-18-17(25(2)21(29)26(3)20(18)28)10-27(19)16-9-15(24)13(22)8-14(16)23/h4-10H,24H2,1-3H3. The molecule has 29 heavy (non-hydrogen) atoms. The Labute approximate surface area is 176 Å². The smallest absolute Gasteiger partial charge is 0.330 e. The predicted molar refractivity (Wildman–Crippen MR) is 118 cm³/mol. The first kappa shape index (κ1) is 19.4. The van der Waals surface area contributed by atoms with E-state index in [-0.39, 0.29) is 5.56 Å². The molecule has 2 aromatic carbocycles. The van der Waals surface area contributed by atoms with E-state index in [1.165, 1.54) is 11.6 Å². The highest BCUT2D eigenvalue weighted by molar-refractivity contribution is 6.37. The molecular formula is C21H18Cl2N4O2. The summed E-state index contributed by atoms with van der Waals surface area (Å²) < 4.78 is 4.32. The fraction of sp³-hybridized carbons (Fsp3) is 0.143. The molecule has 0 amide bonds. The van der Waals surface area contributed by atoms with Crippen LogP contribution in [0.1, 0.15) is 5.56 Å². The van der Waals surface area contributed by atoms with E-state index in [1.807, 2.05) is 31.2 Å². The van der Waals surface area contributed by atoms with E-state index in [2.05, 4.69) is 0 Å². The summed E-state index contributed by atoms with van der Waals surface area (Å²) in [5.74, 6) is 0. The van der Waals surface area contributed by atoms with Crippen LogP contribution in [0.15, 0.2) is 52.2 Å². The lowest BCUT2D eigenvalue weighted by molar-refractivity contribution is 0.714. The fourth-order valence-corrected chi connectivity index (χ4v) is 3.94. The van der Waals surface area contributed by atoms with Gasteiger partial charge in [-0.2, -0.15) is 0 Å². The highest BCUT2D eigenvalue weighted by Crippen LogP contribution is 2.36. The number of fused-ring (bicyclic) bond motifs is 1. The van der Waals surface area contributed by atoms with Crippen molar-refractivity contribution in [3.05, 3.63) is 79.0 Å². The average Bonchev–Trinajstić information content (AvgIpc) is 3.08. The van der Waals surface area contributed by atoms with E-state index in [0.717, 1.165) is 15.7 Å². The van der Waals surface area contributed by atoms with Crippen LogP contribution in [0, 0.1) is 6.92 Å². The Morgan fingerprint density at radius 1 is 0.931 bits per heavy atom. The second-order valence-electron chi connectivity index (χ2n) is 7.00. The third kappa shape index (κ3) is 2.96. The molecule has 0 spiro atoms. The SMILES string of the molecule is Cc1ccc(-c2c3c(=O)n(C)c(=O)n(C)c3cn2-c2cc(N)c(Cl)cc2Cl)cc1. The van der Waals surface area contributed by atoms with Crippen LogP contribution in [-0.4, -0.2) is 13.7 Å². The number of aromatic nitrogens is 3. The van der Waals surface area contributed by atoms with Crippen molar-refractivity contribution in [3.8, 4) is 16.9 Å². The molecular weight excluding hydrogens is 411 g/mol. The van der Waals surface area contributed by atoms with Crippen molar-refractivity contribution in [1.29, 1.82) is 0 Å². The van der Waals surface area contributed by atoms with Crippen molar-refractivity contribution in [3.63, 3.8) is 0 Å². The molecule has 8 heteroatoms. The Bertz CT molecular complexity index is 1400. The maximum atomic E-state index is 13.1. The molecule has 2 aromatic heterocycles. The third-order valence-electron chi connectivity index (χ3n) is 5.09. The van der Waals surface area contributed by atoms with Crippen molar-refractivity contribution < 1.29 is 0 Å². The van der Waals surface area contributed by atoms with Crippen molar-refractivity contribution in [2.45, 2.75) is 6.92 Å². The number of nitrogens with two attached hydrogens (primary N) is 1. The Balaban J connectivity index is 2.22. The highest BCUT2D eigenvalue weighted by Gasteiger charge is 2.21. The van der Waals surface area contributed by atoms with Crippen LogP contribution >= 0.6 is 23.2 Å². The topological polar surface area (TPSA) is 75.0 Å². The Kier molecular flexibility index (Phi) is 4.56. The second kappa shape index (κ2) is 6.83. The number of nitrogen functional groups attached to an aromatic ring is 1. The highest BCUT2D eigenvalue weighted by atomic mass is 35.5. The maximum Gasteiger partial charge on any atom is 0.330 e. The number of nitrogens with zero attached hydrogens (tertiary/aromatic N) is 3. The van der Waals surface area contributed by atoms with E-state index in [9.17, 15) is 9.59 Å². The van der Waals surface area contributed by atoms with Gasteiger partial charge in [-0.1, -0.05) is 53.0 Å². The maximum absolute atomic E-state index is 13.1. The third-order valence-corrected chi connectivity index (χ3v) is 5.72. The monoisotopic (exact) mass is 428 g/mol. The van der Waals surface area contributed by atoms with Gasteiger partial charge in [0.2, 0.25) is 0 Å². The van der Waals surface area contributed by atoms with Gasteiger partial charge in [0.1, 0.15) is 0 Å². The second-order valence-corrected chi connectivity index (χ2v) is 7.82. The molecule has 4 aromatic rings. The normalized spacial score (nSPS) is 11.3. The summed E-state index contributed by atoms with van der Waals surface area (Å²) >= 11 is 12.6. The largest absolute Gasteiger partial charge is 0.397 e. The van der Waals surface area contributed by atoms with Gasteiger partial charge in [0.25, 0.3) is 5.56 Å². The van der Waals surface area contributed by atoms with Gasteiger partial charge < -0.3 is 10.3 Å². The van der Waals surface area contributed by atoms with Crippen LogP contribution in [-0.2, 0) is 14.1 Å². The Morgan fingerprint density at radius 2 is 1.59 bits per heavy atom. The molecule has 0 radical (unpaired) electrons. The number of aryl methyl sites for hydroxylation is 2. The molecule has 0 fully saturated rings. The lowest BCUT2D eigenvalue weighted by Gasteiger charge is -2.13. The minimum Gasteiger partial charge on any atom is -0.397 e. The number of halogens is 2. The van der Waals surface area contributed by atoms with Crippen LogP contribution < -0.4 is 17.0 Å². The molecule has 6 nitrogen and oxygen atoms in total. The van der Waals surface area contributed by atoms with Crippen LogP contribution in [0.5, 0.6) is 0 Å². The summed E-state index contributed by atoms with van der Waals surface area (Å²) in [5.41, 5.74) is 9.18. The average molecular weight is 429 g/mol. The first-order valence-corrected chi connectivity index (χ1v) is 9.59. The number of anilines is 1.